The summed E-state index contributed by atoms with van der Waals surface area (Å²) in [6, 6.07) is 8.99. The van der Waals surface area contributed by atoms with Crippen molar-refractivity contribution in [1.29, 1.82) is 0 Å². The molecular weight excluding hydrogens is 256 g/mol. The Labute approximate surface area is 116 Å². The Kier molecular flexibility index (Phi) is 3.89. The van der Waals surface area contributed by atoms with E-state index >= 15 is 0 Å². The molecule has 5 heteroatoms. The zero-order chi connectivity index (χ0) is 14.7. The average molecular weight is 272 g/mol. The molecule has 0 saturated heterocycles. The number of aliphatic carboxylic acids is 1. The molecule has 1 heterocycles. The van der Waals surface area contributed by atoms with Crippen LogP contribution < -0.4 is 5.32 Å². The Bertz CT molecular complexity index is 659. The van der Waals surface area contributed by atoms with E-state index in [1.54, 1.807) is 18.3 Å². The number of amides is 1. The summed E-state index contributed by atoms with van der Waals surface area (Å²) in [7, 11) is 0. The number of aryl methyl sites for hydroxylation is 2. The standard InChI is InChI=1S/C15H16N2O3/c1-10-5-6-12(11(2)8-10)16-15(20)13-4-3-7-17(13)9-14(18)19/h3-8H,9H2,1-2H3,(H,16,20)(H,18,19). The summed E-state index contributed by atoms with van der Waals surface area (Å²) < 4.78 is 1.40. The summed E-state index contributed by atoms with van der Waals surface area (Å²) in [6.07, 6.45) is 1.57. The van der Waals surface area contributed by atoms with Gasteiger partial charge in [0, 0.05) is 11.9 Å². The van der Waals surface area contributed by atoms with Crippen molar-refractivity contribution in [2.45, 2.75) is 20.4 Å². The van der Waals surface area contributed by atoms with Gasteiger partial charge in [-0.1, -0.05) is 17.7 Å². The number of carboxylic acids is 1. The van der Waals surface area contributed by atoms with Crippen LogP contribution in [0, 0.1) is 13.8 Å². The molecule has 2 aromatic rings. The quantitative estimate of drug-likeness (QED) is 0.898. The molecule has 0 saturated carbocycles. The lowest BCUT2D eigenvalue weighted by Crippen LogP contribution is -2.19. The van der Waals surface area contributed by atoms with Crippen LogP contribution in [0.2, 0.25) is 0 Å². The summed E-state index contributed by atoms with van der Waals surface area (Å²) in [4.78, 5) is 22.9. The fourth-order valence-corrected chi connectivity index (χ4v) is 2.04. The van der Waals surface area contributed by atoms with Gasteiger partial charge in [0.25, 0.3) is 5.91 Å². The lowest BCUT2D eigenvalue weighted by molar-refractivity contribution is -0.137. The van der Waals surface area contributed by atoms with Gasteiger partial charge in [0.2, 0.25) is 0 Å². The van der Waals surface area contributed by atoms with Crippen LogP contribution in [-0.2, 0) is 11.3 Å². The number of rotatable bonds is 4. The predicted molar refractivity (Wildman–Crippen MR) is 75.9 cm³/mol. The second-order valence-corrected chi connectivity index (χ2v) is 4.69. The summed E-state index contributed by atoms with van der Waals surface area (Å²) in [5, 5.41) is 11.6. The van der Waals surface area contributed by atoms with E-state index in [4.69, 9.17) is 5.11 Å². The Morgan fingerprint density at radius 1 is 1.25 bits per heavy atom. The molecule has 1 amide bonds. The van der Waals surface area contributed by atoms with E-state index in [0.717, 1.165) is 16.8 Å². The highest BCUT2D eigenvalue weighted by atomic mass is 16.4. The molecule has 1 aromatic carbocycles. The van der Waals surface area contributed by atoms with Crippen LogP contribution >= 0.6 is 0 Å². The Hall–Kier alpha value is -2.56. The monoisotopic (exact) mass is 272 g/mol. The Morgan fingerprint density at radius 2 is 2.00 bits per heavy atom. The predicted octanol–water partition coefficient (Wildman–Crippen LogP) is 2.44. The zero-order valence-electron chi connectivity index (χ0n) is 11.4. The number of nitrogens with one attached hydrogen (secondary N) is 1. The van der Waals surface area contributed by atoms with Gasteiger partial charge < -0.3 is 15.0 Å². The first-order chi connectivity index (χ1) is 9.47. The largest absolute Gasteiger partial charge is 0.480 e. The Morgan fingerprint density at radius 3 is 2.65 bits per heavy atom. The highest BCUT2D eigenvalue weighted by molar-refractivity contribution is 6.03. The number of anilines is 1. The summed E-state index contributed by atoms with van der Waals surface area (Å²) >= 11 is 0. The molecule has 2 N–H and O–H groups in total. The maximum atomic E-state index is 12.2. The van der Waals surface area contributed by atoms with Gasteiger partial charge in [0.05, 0.1) is 0 Å². The van der Waals surface area contributed by atoms with Crippen molar-refractivity contribution in [3.05, 3.63) is 53.3 Å². The highest BCUT2D eigenvalue weighted by Gasteiger charge is 2.13. The van der Waals surface area contributed by atoms with Crippen LogP contribution in [0.5, 0.6) is 0 Å². The summed E-state index contributed by atoms with van der Waals surface area (Å²) in [5.41, 5.74) is 3.14. The lowest BCUT2D eigenvalue weighted by Gasteiger charge is -2.10. The maximum Gasteiger partial charge on any atom is 0.323 e. The molecule has 2 rings (SSSR count). The number of benzene rings is 1. The molecule has 0 atom stereocenters. The zero-order valence-corrected chi connectivity index (χ0v) is 11.4. The van der Waals surface area contributed by atoms with Crippen molar-refractivity contribution < 1.29 is 14.7 Å². The molecule has 0 spiro atoms. The van der Waals surface area contributed by atoms with Crippen molar-refractivity contribution in [2.24, 2.45) is 0 Å². The number of carbonyl (C=O) groups is 2. The number of hydrogen-bond acceptors (Lipinski definition) is 2. The number of nitrogens with zero attached hydrogens (tertiary/aromatic N) is 1. The van der Waals surface area contributed by atoms with Crippen molar-refractivity contribution in [2.75, 3.05) is 5.32 Å². The van der Waals surface area contributed by atoms with Crippen molar-refractivity contribution in [1.82, 2.24) is 4.57 Å². The van der Waals surface area contributed by atoms with Gasteiger partial charge in [-0.05, 0) is 37.6 Å². The molecule has 0 bridgehead atoms. The van der Waals surface area contributed by atoms with E-state index in [-0.39, 0.29) is 12.5 Å². The van der Waals surface area contributed by atoms with Gasteiger partial charge in [-0.2, -0.15) is 0 Å². The minimum Gasteiger partial charge on any atom is -0.480 e. The van der Waals surface area contributed by atoms with Crippen LogP contribution in [0.25, 0.3) is 0 Å². The number of aromatic nitrogens is 1. The third-order valence-corrected chi connectivity index (χ3v) is 3.00. The number of hydrogen-bond donors (Lipinski definition) is 2. The minimum atomic E-state index is -0.984. The van der Waals surface area contributed by atoms with Gasteiger partial charge in [-0.15, -0.1) is 0 Å². The van der Waals surface area contributed by atoms with E-state index in [2.05, 4.69) is 5.32 Å². The molecule has 0 fully saturated rings. The highest BCUT2D eigenvalue weighted by Crippen LogP contribution is 2.17. The summed E-state index contributed by atoms with van der Waals surface area (Å²) in [5.74, 6) is -1.30. The number of carboxylic acid groups (broad SMARTS) is 1. The third-order valence-electron chi connectivity index (χ3n) is 3.00. The minimum absolute atomic E-state index is 0.233. The molecule has 0 aliphatic heterocycles. The molecule has 104 valence electrons. The van der Waals surface area contributed by atoms with Crippen molar-refractivity contribution >= 4 is 17.6 Å². The molecular formula is C15H16N2O3. The van der Waals surface area contributed by atoms with Crippen LogP contribution in [0.15, 0.2) is 36.5 Å². The van der Waals surface area contributed by atoms with E-state index in [1.807, 2.05) is 32.0 Å². The van der Waals surface area contributed by atoms with Gasteiger partial charge in [0.15, 0.2) is 0 Å². The van der Waals surface area contributed by atoms with E-state index < -0.39 is 5.97 Å². The number of carbonyl (C=O) groups excluding carboxylic acids is 1. The van der Waals surface area contributed by atoms with Crippen molar-refractivity contribution in [3.8, 4) is 0 Å². The fourth-order valence-electron chi connectivity index (χ4n) is 2.04. The van der Waals surface area contributed by atoms with E-state index in [9.17, 15) is 9.59 Å². The van der Waals surface area contributed by atoms with Gasteiger partial charge in [-0.25, -0.2) is 0 Å². The van der Waals surface area contributed by atoms with E-state index in [1.165, 1.54) is 4.57 Å². The van der Waals surface area contributed by atoms with Gasteiger partial charge >= 0.3 is 5.97 Å². The normalized spacial score (nSPS) is 10.3. The van der Waals surface area contributed by atoms with Gasteiger partial charge in [-0.3, -0.25) is 9.59 Å². The van der Waals surface area contributed by atoms with Crippen LogP contribution in [0.3, 0.4) is 0 Å². The average Bonchev–Trinajstić information content (AvgIpc) is 2.80. The molecule has 1 aromatic heterocycles. The molecule has 0 radical (unpaired) electrons. The van der Waals surface area contributed by atoms with Gasteiger partial charge in [0.1, 0.15) is 12.2 Å². The molecule has 0 unspecified atom stereocenters. The van der Waals surface area contributed by atoms with Crippen molar-refractivity contribution in [3.63, 3.8) is 0 Å². The molecule has 0 aliphatic carbocycles. The molecule has 5 nitrogen and oxygen atoms in total. The first-order valence-electron chi connectivity index (χ1n) is 6.23. The fraction of sp³-hybridized carbons (Fsp3) is 0.200. The SMILES string of the molecule is Cc1ccc(NC(=O)c2cccn2CC(=O)O)c(C)c1. The van der Waals surface area contributed by atoms with Crippen LogP contribution in [0.4, 0.5) is 5.69 Å². The topological polar surface area (TPSA) is 71.3 Å². The van der Waals surface area contributed by atoms with E-state index in [0.29, 0.717) is 5.69 Å². The second-order valence-electron chi connectivity index (χ2n) is 4.69. The molecule has 0 aliphatic rings. The lowest BCUT2D eigenvalue weighted by atomic mass is 10.1. The summed E-state index contributed by atoms with van der Waals surface area (Å²) in [6.45, 7) is 3.66. The van der Waals surface area contributed by atoms with Crippen LogP contribution in [0.1, 0.15) is 21.6 Å². The second kappa shape index (κ2) is 5.61. The first-order valence-corrected chi connectivity index (χ1v) is 6.23. The molecule has 20 heavy (non-hydrogen) atoms. The third kappa shape index (κ3) is 3.06. The van der Waals surface area contributed by atoms with Crippen LogP contribution in [-0.4, -0.2) is 21.6 Å². The first kappa shape index (κ1) is 13.9. The smallest absolute Gasteiger partial charge is 0.323 e. The Balaban J connectivity index is 2.20. The maximum absolute atomic E-state index is 12.2.